The first-order valence-electron chi connectivity index (χ1n) is 5.44. The van der Waals surface area contributed by atoms with E-state index in [0.717, 1.165) is 18.3 Å². The lowest BCUT2D eigenvalue weighted by molar-refractivity contribution is -0.00000433. The minimum Gasteiger partial charge on any atom is -1.00 e. The second-order valence-electron chi connectivity index (χ2n) is 3.87. The average molecular weight is 243 g/mol. The summed E-state index contributed by atoms with van der Waals surface area (Å²) in [5.41, 5.74) is 1.28. The summed E-state index contributed by atoms with van der Waals surface area (Å²) in [7, 11) is 0. The highest BCUT2D eigenvalue weighted by molar-refractivity contribution is 5.27. The third-order valence-electron chi connectivity index (χ3n) is 2.46. The number of benzene rings is 1. The molecule has 0 saturated heterocycles. The van der Waals surface area contributed by atoms with Gasteiger partial charge in [-0.05, 0) is 30.5 Å². The third kappa shape index (κ3) is 4.39. The Kier molecular flexibility index (Phi) is 5.60. The van der Waals surface area contributed by atoms with Crippen LogP contribution in [-0.4, -0.2) is 24.4 Å². The third-order valence-corrected chi connectivity index (χ3v) is 2.46. The maximum Gasteiger partial charge on any atom is 0.119 e. The molecule has 2 N–H and O–H groups in total. The molecule has 1 aromatic carbocycles. The molecule has 1 aliphatic carbocycles. The Bertz CT molecular complexity index is 298. The van der Waals surface area contributed by atoms with E-state index < -0.39 is 0 Å². The summed E-state index contributed by atoms with van der Waals surface area (Å²) in [6, 6.07) is 8.75. The summed E-state index contributed by atoms with van der Waals surface area (Å²) in [5.74, 6) is 0.819. The summed E-state index contributed by atoms with van der Waals surface area (Å²) in [4.78, 5) is 0. The average Bonchev–Trinajstić information content (AvgIpc) is 3.09. The van der Waals surface area contributed by atoms with E-state index in [1.165, 1.54) is 18.4 Å². The molecule has 0 heterocycles. The van der Waals surface area contributed by atoms with Crippen molar-refractivity contribution in [1.82, 2.24) is 5.32 Å². The van der Waals surface area contributed by atoms with E-state index >= 15 is 0 Å². The van der Waals surface area contributed by atoms with Crippen molar-refractivity contribution in [3.63, 3.8) is 0 Å². The summed E-state index contributed by atoms with van der Waals surface area (Å²) in [6.07, 6.45) is 2.63. The summed E-state index contributed by atoms with van der Waals surface area (Å²) in [5, 5.41) is 12.1. The van der Waals surface area contributed by atoms with Crippen LogP contribution in [0.1, 0.15) is 18.4 Å². The Morgan fingerprint density at radius 1 is 1.25 bits per heavy atom. The Hall–Kier alpha value is -0.770. The SMILES string of the molecule is OCCOc1ccc(CNC2CC2)cc1.[Cl-]. The topological polar surface area (TPSA) is 41.5 Å². The zero-order valence-corrected chi connectivity index (χ0v) is 9.91. The number of hydrogen-bond donors (Lipinski definition) is 2. The number of aliphatic hydroxyl groups excluding tert-OH is 1. The lowest BCUT2D eigenvalue weighted by atomic mass is 10.2. The highest BCUT2D eigenvalue weighted by Crippen LogP contribution is 2.19. The van der Waals surface area contributed by atoms with Crippen molar-refractivity contribution in [3.05, 3.63) is 29.8 Å². The second-order valence-corrected chi connectivity index (χ2v) is 3.87. The molecule has 2 rings (SSSR count). The largest absolute Gasteiger partial charge is 1.00 e. The van der Waals surface area contributed by atoms with Gasteiger partial charge in [0.25, 0.3) is 0 Å². The van der Waals surface area contributed by atoms with Gasteiger partial charge in [-0.1, -0.05) is 12.1 Å². The second kappa shape index (κ2) is 6.74. The Morgan fingerprint density at radius 2 is 1.94 bits per heavy atom. The fourth-order valence-corrected chi connectivity index (χ4v) is 1.42. The van der Waals surface area contributed by atoms with E-state index in [4.69, 9.17) is 9.84 Å². The molecule has 1 aromatic rings. The molecule has 1 aliphatic rings. The van der Waals surface area contributed by atoms with Crippen LogP contribution >= 0.6 is 0 Å². The molecular formula is C12H17ClNO2-. The van der Waals surface area contributed by atoms with Gasteiger partial charge in [0.15, 0.2) is 0 Å². The predicted molar refractivity (Wildman–Crippen MR) is 58.9 cm³/mol. The minimum absolute atomic E-state index is 0. The molecule has 0 unspecified atom stereocenters. The van der Waals surface area contributed by atoms with Gasteiger partial charge in [0.05, 0.1) is 6.61 Å². The summed E-state index contributed by atoms with van der Waals surface area (Å²) < 4.78 is 5.28. The molecule has 0 radical (unpaired) electrons. The van der Waals surface area contributed by atoms with Crippen LogP contribution in [0.5, 0.6) is 5.75 Å². The van der Waals surface area contributed by atoms with Gasteiger partial charge in [-0.3, -0.25) is 0 Å². The van der Waals surface area contributed by atoms with Crippen molar-refractivity contribution >= 4 is 0 Å². The first kappa shape index (κ1) is 13.3. The maximum absolute atomic E-state index is 8.60. The zero-order chi connectivity index (χ0) is 10.5. The maximum atomic E-state index is 8.60. The van der Waals surface area contributed by atoms with Crippen LogP contribution < -0.4 is 22.5 Å². The Morgan fingerprint density at radius 3 is 2.50 bits per heavy atom. The standard InChI is InChI=1S/C12H17NO2.ClH/c14-7-8-15-12-5-1-10(2-6-12)9-13-11-3-4-11;/h1-2,5-6,11,13-14H,3-4,7-9H2;1H/p-1. The van der Waals surface area contributed by atoms with Crippen LogP contribution in [0.25, 0.3) is 0 Å². The van der Waals surface area contributed by atoms with Crippen LogP contribution in [0.4, 0.5) is 0 Å². The van der Waals surface area contributed by atoms with Crippen LogP contribution in [0.3, 0.4) is 0 Å². The molecule has 1 fully saturated rings. The lowest BCUT2D eigenvalue weighted by Gasteiger charge is -2.06. The van der Waals surface area contributed by atoms with Crippen molar-refractivity contribution in [2.75, 3.05) is 13.2 Å². The van der Waals surface area contributed by atoms with Crippen LogP contribution in [-0.2, 0) is 6.54 Å². The van der Waals surface area contributed by atoms with Crippen molar-refractivity contribution in [1.29, 1.82) is 0 Å². The van der Waals surface area contributed by atoms with Gasteiger partial charge >= 0.3 is 0 Å². The van der Waals surface area contributed by atoms with Crippen LogP contribution in [0.15, 0.2) is 24.3 Å². The molecule has 1 saturated carbocycles. The van der Waals surface area contributed by atoms with E-state index in [0.29, 0.717) is 6.61 Å². The smallest absolute Gasteiger partial charge is 0.119 e. The van der Waals surface area contributed by atoms with E-state index in [1.54, 1.807) is 0 Å². The molecule has 0 amide bonds. The summed E-state index contributed by atoms with van der Waals surface area (Å²) in [6.45, 7) is 1.36. The van der Waals surface area contributed by atoms with E-state index in [-0.39, 0.29) is 19.0 Å². The molecular weight excluding hydrogens is 226 g/mol. The normalized spacial score (nSPS) is 14.3. The molecule has 0 spiro atoms. The van der Waals surface area contributed by atoms with Gasteiger partial charge in [-0.25, -0.2) is 0 Å². The molecule has 0 aromatic heterocycles. The van der Waals surface area contributed by atoms with E-state index in [2.05, 4.69) is 17.4 Å². The van der Waals surface area contributed by atoms with Crippen LogP contribution in [0, 0.1) is 0 Å². The van der Waals surface area contributed by atoms with Gasteiger partial charge < -0.3 is 27.6 Å². The van der Waals surface area contributed by atoms with Crippen LogP contribution in [0.2, 0.25) is 0 Å². The lowest BCUT2D eigenvalue weighted by Crippen LogP contribution is -3.00. The highest BCUT2D eigenvalue weighted by Gasteiger charge is 2.19. The molecule has 4 heteroatoms. The number of aliphatic hydroxyl groups is 1. The number of halogens is 1. The van der Waals surface area contributed by atoms with Crippen molar-refractivity contribution < 1.29 is 22.3 Å². The molecule has 90 valence electrons. The fraction of sp³-hybridized carbons (Fsp3) is 0.500. The monoisotopic (exact) mass is 242 g/mol. The predicted octanol–water partition coefficient (Wildman–Crippen LogP) is -1.69. The molecule has 16 heavy (non-hydrogen) atoms. The molecule has 3 nitrogen and oxygen atoms in total. The van der Waals surface area contributed by atoms with Crippen molar-refractivity contribution in [3.8, 4) is 5.75 Å². The van der Waals surface area contributed by atoms with E-state index in [9.17, 15) is 0 Å². The number of ether oxygens (including phenoxy) is 1. The van der Waals surface area contributed by atoms with E-state index in [1.807, 2.05) is 12.1 Å². The highest BCUT2D eigenvalue weighted by atomic mass is 35.5. The first-order valence-corrected chi connectivity index (χ1v) is 5.44. The zero-order valence-electron chi connectivity index (χ0n) is 9.16. The van der Waals surface area contributed by atoms with Gasteiger partial charge in [-0.2, -0.15) is 0 Å². The number of hydrogen-bond acceptors (Lipinski definition) is 3. The summed E-state index contributed by atoms with van der Waals surface area (Å²) >= 11 is 0. The number of rotatable bonds is 6. The van der Waals surface area contributed by atoms with Crippen molar-refractivity contribution in [2.24, 2.45) is 0 Å². The molecule has 0 atom stereocenters. The molecule has 0 bridgehead atoms. The fourth-order valence-electron chi connectivity index (χ4n) is 1.42. The number of nitrogens with one attached hydrogen (secondary N) is 1. The Balaban J connectivity index is 0.00000128. The Labute approximate surface area is 102 Å². The quantitative estimate of drug-likeness (QED) is 0.626. The first-order chi connectivity index (χ1) is 7.38. The molecule has 0 aliphatic heterocycles. The van der Waals surface area contributed by atoms with Gasteiger partial charge in [0.1, 0.15) is 12.4 Å². The van der Waals surface area contributed by atoms with Gasteiger partial charge in [-0.15, -0.1) is 0 Å². The van der Waals surface area contributed by atoms with Gasteiger partial charge in [0, 0.05) is 12.6 Å². The van der Waals surface area contributed by atoms with Gasteiger partial charge in [0.2, 0.25) is 0 Å². The van der Waals surface area contributed by atoms with Crippen molar-refractivity contribution in [2.45, 2.75) is 25.4 Å². The minimum atomic E-state index is 0.